The second-order valence-electron chi connectivity index (χ2n) is 5.06. The molecular weight excluding hydrogens is 326 g/mol. The monoisotopic (exact) mass is 347 g/mol. The lowest BCUT2D eigenvalue weighted by Crippen LogP contribution is -2.13. The van der Waals surface area contributed by atoms with Gasteiger partial charge in [-0.05, 0) is 42.3 Å². The lowest BCUT2D eigenvalue weighted by atomic mass is 10.1. The Kier molecular flexibility index (Phi) is 5.87. The Hall–Kier alpha value is -2.47. The van der Waals surface area contributed by atoms with Crippen molar-refractivity contribution in [2.75, 3.05) is 18.4 Å². The number of hydrogen-bond donors (Lipinski definition) is 1. The van der Waals surface area contributed by atoms with E-state index in [1.165, 1.54) is 6.07 Å². The zero-order chi connectivity index (χ0) is 17.6. The number of anilines is 1. The average Bonchev–Trinajstić information content (AvgIpc) is 2.59. The fraction of sp³-hybridized carbons (Fsp3) is 0.222. The van der Waals surface area contributed by atoms with Crippen LogP contribution in [0.3, 0.4) is 0 Å². The molecule has 0 amide bonds. The van der Waals surface area contributed by atoms with Gasteiger partial charge in [-0.2, -0.15) is 0 Å². The van der Waals surface area contributed by atoms with Crippen LogP contribution in [0.25, 0.3) is 0 Å². The Bertz CT molecular complexity index is 816. The van der Waals surface area contributed by atoms with Crippen molar-refractivity contribution in [3.8, 4) is 11.5 Å². The van der Waals surface area contributed by atoms with Crippen molar-refractivity contribution in [3.63, 3.8) is 0 Å². The van der Waals surface area contributed by atoms with Crippen LogP contribution in [-0.4, -0.2) is 22.1 Å². The first-order valence-corrected chi connectivity index (χ1v) is 9.02. The fourth-order valence-electron chi connectivity index (χ4n) is 2.22. The topological polar surface area (TPSA) is 64.6 Å². The molecule has 2 aromatic rings. The molecule has 0 aliphatic carbocycles. The molecule has 0 aliphatic heterocycles. The first-order chi connectivity index (χ1) is 11.5. The van der Waals surface area contributed by atoms with Crippen LogP contribution in [0.15, 0.2) is 60.0 Å². The highest BCUT2D eigenvalue weighted by Gasteiger charge is 2.16. The number of rotatable bonds is 8. The molecule has 5 nitrogen and oxygen atoms in total. The molecule has 0 saturated heterocycles. The highest BCUT2D eigenvalue weighted by molar-refractivity contribution is 7.92. The van der Waals surface area contributed by atoms with E-state index in [-0.39, 0.29) is 4.90 Å². The molecule has 0 heterocycles. The summed E-state index contributed by atoms with van der Waals surface area (Å²) in [6.45, 7) is 5.88. The van der Waals surface area contributed by atoms with Crippen molar-refractivity contribution in [2.24, 2.45) is 0 Å². The summed E-state index contributed by atoms with van der Waals surface area (Å²) in [5, 5.41) is 0. The minimum absolute atomic E-state index is 0.192. The summed E-state index contributed by atoms with van der Waals surface area (Å²) < 4.78 is 38.4. The Balaban J connectivity index is 2.26. The van der Waals surface area contributed by atoms with Crippen molar-refractivity contribution in [3.05, 3.63) is 60.7 Å². The van der Waals surface area contributed by atoms with Crippen LogP contribution in [0.1, 0.15) is 12.5 Å². The van der Waals surface area contributed by atoms with Crippen molar-refractivity contribution >= 4 is 15.7 Å². The third-order valence-electron chi connectivity index (χ3n) is 3.40. The number of nitrogens with one attached hydrogen (secondary N) is 1. The average molecular weight is 347 g/mol. The first-order valence-electron chi connectivity index (χ1n) is 7.53. The Morgan fingerprint density at radius 1 is 1.21 bits per heavy atom. The minimum Gasteiger partial charge on any atom is -0.496 e. The molecule has 0 spiro atoms. The molecule has 0 bridgehead atoms. The van der Waals surface area contributed by atoms with Crippen molar-refractivity contribution in [2.45, 2.75) is 18.2 Å². The number of benzene rings is 2. The molecule has 0 aromatic heterocycles. The highest BCUT2D eigenvalue weighted by atomic mass is 32.2. The Morgan fingerprint density at radius 2 is 2.00 bits per heavy atom. The number of sulfonamides is 1. The van der Waals surface area contributed by atoms with Gasteiger partial charge >= 0.3 is 0 Å². The zero-order valence-corrected chi connectivity index (χ0v) is 14.6. The van der Waals surface area contributed by atoms with E-state index < -0.39 is 10.0 Å². The van der Waals surface area contributed by atoms with Crippen molar-refractivity contribution < 1.29 is 17.9 Å². The van der Waals surface area contributed by atoms with Gasteiger partial charge in [0.05, 0.1) is 17.7 Å². The molecule has 2 aromatic carbocycles. The van der Waals surface area contributed by atoms with E-state index in [0.29, 0.717) is 30.2 Å². The molecule has 128 valence electrons. The lowest BCUT2D eigenvalue weighted by molar-refractivity contribution is 0.363. The summed E-state index contributed by atoms with van der Waals surface area (Å²) in [5.41, 5.74) is 1.27. The van der Waals surface area contributed by atoms with Crippen LogP contribution in [0.5, 0.6) is 11.5 Å². The van der Waals surface area contributed by atoms with Crippen molar-refractivity contribution in [1.29, 1.82) is 0 Å². The number of aryl methyl sites for hydroxylation is 1. The summed E-state index contributed by atoms with van der Waals surface area (Å²) in [6, 6.07) is 11.6. The maximum Gasteiger partial charge on any atom is 0.261 e. The second-order valence-corrected chi connectivity index (χ2v) is 6.74. The van der Waals surface area contributed by atoms with Crippen LogP contribution < -0.4 is 14.2 Å². The molecule has 24 heavy (non-hydrogen) atoms. The van der Waals surface area contributed by atoms with E-state index in [0.717, 1.165) is 5.56 Å². The van der Waals surface area contributed by atoms with E-state index in [1.807, 2.05) is 6.92 Å². The molecule has 0 saturated carbocycles. The van der Waals surface area contributed by atoms with Gasteiger partial charge in [-0.25, -0.2) is 8.42 Å². The lowest BCUT2D eigenvalue weighted by Gasteiger charge is -2.12. The van der Waals surface area contributed by atoms with Gasteiger partial charge in [0, 0.05) is 6.07 Å². The summed E-state index contributed by atoms with van der Waals surface area (Å²) in [5.74, 6) is 1.25. The molecule has 0 unspecified atom stereocenters. The van der Waals surface area contributed by atoms with Crippen molar-refractivity contribution in [1.82, 2.24) is 0 Å². The number of methoxy groups -OCH3 is 1. The molecule has 0 fully saturated rings. The smallest absolute Gasteiger partial charge is 0.261 e. The summed E-state index contributed by atoms with van der Waals surface area (Å²) >= 11 is 0. The standard InChI is InChI=1S/C18H21NO4S/c1-4-11-23-16-8-6-7-15(13-16)19-24(20,21)17-9-10-18(22-3)14(5-2)12-17/h4,6-10,12-13,19H,1,5,11H2,2-3H3. The largest absolute Gasteiger partial charge is 0.496 e. The predicted molar refractivity (Wildman–Crippen MR) is 95.3 cm³/mol. The van der Waals surface area contributed by atoms with E-state index in [2.05, 4.69) is 11.3 Å². The molecule has 0 atom stereocenters. The van der Waals surface area contributed by atoms with E-state index >= 15 is 0 Å². The van der Waals surface area contributed by atoms with Crippen LogP contribution in [0.4, 0.5) is 5.69 Å². The molecule has 0 radical (unpaired) electrons. The maximum atomic E-state index is 12.6. The molecule has 1 N–H and O–H groups in total. The van der Waals surface area contributed by atoms with Gasteiger partial charge in [0.1, 0.15) is 18.1 Å². The Morgan fingerprint density at radius 3 is 2.67 bits per heavy atom. The predicted octanol–water partition coefficient (Wildman–Crippen LogP) is 3.62. The third kappa shape index (κ3) is 4.29. The van der Waals surface area contributed by atoms with Gasteiger partial charge in [-0.1, -0.05) is 25.6 Å². The maximum absolute atomic E-state index is 12.6. The second kappa shape index (κ2) is 7.88. The highest BCUT2D eigenvalue weighted by Crippen LogP contribution is 2.25. The van der Waals surface area contributed by atoms with Gasteiger partial charge < -0.3 is 9.47 Å². The van der Waals surface area contributed by atoms with Crippen LogP contribution in [0, 0.1) is 0 Å². The Labute approximate surface area is 143 Å². The first kappa shape index (κ1) is 17.9. The fourth-order valence-corrected chi connectivity index (χ4v) is 3.32. The molecule has 0 aliphatic rings. The zero-order valence-electron chi connectivity index (χ0n) is 13.8. The summed E-state index contributed by atoms with van der Waals surface area (Å²) in [7, 11) is -2.12. The van der Waals surface area contributed by atoms with Gasteiger partial charge in [0.15, 0.2) is 0 Å². The summed E-state index contributed by atoms with van der Waals surface area (Å²) in [4.78, 5) is 0.192. The SMILES string of the molecule is C=CCOc1cccc(NS(=O)(=O)c2ccc(OC)c(CC)c2)c1. The van der Waals surface area contributed by atoms with Crippen LogP contribution in [0.2, 0.25) is 0 Å². The quantitative estimate of drug-likeness (QED) is 0.741. The number of ether oxygens (including phenoxy) is 2. The van der Waals surface area contributed by atoms with Gasteiger partial charge in [-0.15, -0.1) is 0 Å². The summed E-state index contributed by atoms with van der Waals surface area (Å²) in [6.07, 6.45) is 2.30. The van der Waals surface area contributed by atoms with Gasteiger partial charge in [0.2, 0.25) is 0 Å². The van der Waals surface area contributed by atoms with E-state index in [9.17, 15) is 8.42 Å². The van der Waals surface area contributed by atoms with Crippen LogP contribution >= 0.6 is 0 Å². The van der Waals surface area contributed by atoms with Gasteiger partial charge in [-0.3, -0.25) is 4.72 Å². The molecule has 2 rings (SSSR count). The number of hydrogen-bond acceptors (Lipinski definition) is 4. The van der Waals surface area contributed by atoms with E-state index in [4.69, 9.17) is 9.47 Å². The molecule has 6 heteroatoms. The van der Waals surface area contributed by atoms with E-state index in [1.54, 1.807) is 49.6 Å². The normalized spacial score (nSPS) is 10.9. The van der Waals surface area contributed by atoms with Crippen LogP contribution in [-0.2, 0) is 16.4 Å². The third-order valence-corrected chi connectivity index (χ3v) is 4.78. The minimum atomic E-state index is -3.69. The van der Waals surface area contributed by atoms with Gasteiger partial charge in [0.25, 0.3) is 10.0 Å². The molecular formula is C18H21NO4S.